The van der Waals surface area contributed by atoms with Gasteiger partial charge in [-0.15, -0.1) is 0 Å². The van der Waals surface area contributed by atoms with Crippen molar-refractivity contribution in [3.8, 4) is 5.75 Å². The number of rotatable bonds is 4. The van der Waals surface area contributed by atoms with E-state index >= 15 is 0 Å². The molecule has 1 aliphatic carbocycles. The fourth-order valence-electron chi connectivity index (χ4n) is 3.67. The molecular weight excluding hydrogens is 276 g/mol. The predicted molar refractivity (Wildman–Crippen MR) is 87.1 cm³/mol. The SMILES string of the molecule is COc1cccc(CC(=O)N2CCN(C3CCCC3)CC2)c1. The highest BCUT2D eigenvalue weighted by molar-refractivity contribution is 5.79. The lowest BCUT2D eigenvalue weighted by Crippen LogP contribution is -2.51. The average molecular weight is 302 g/mol. The number of benzene rings is 1. The maximum Gasteiger partial charge on any atom is 0.227 e. The number of hydrogen-bond donors (Lipinski definition) is 0. The molecule has 1 aromatic rings. The molecule has 1 amide bonds. The van der Waals surface area contributed by atoms with Gasteiger partial charge in [0, 0.05) is 32.2 Å². The van der Waals surface area contributed by atoms with Crippen LogP contribution in [0.4, 0.5) is 0 Å². The zero-order valence-electron chi connectivity index (χ0n) is 13.5. The molecule has 0 aromatic heterocycles. The molecule has 0 atom stereocenters. The van der Waals surface area contributed by atoms with Crippen molar-refractivity contribution in [2.24, 2.45) is 0 Å². The van der Waals surface area contributed by atoms with Crippen molar-refractivity contribution in [2.45, 2.75) is 38.1 Å². The van der Waals surface area contributed by atoms with Gasteiger partial charge in [-0.1, -0.05) is 25.0 Å². The van der Waals surface area contributed by atoms with Crippen molar-refractivity contribution < 1.29 is 9.53 Å². The first-order valence-corrected chi connectivity index (χ1v) is 8.41. The Labute approximate surface area is 133 Å². The first kappa shape index (κ1) is 15.3. The summed E-state index contributed by atoms with van der Waals surface area (Å²) < 4.78 is 5.22. The number of piperazine rings is 1. The van der Waals surface area contributed by atoms with E-state index in [0.29, 0.717) is 6.42 Å². The quantitative estimate of drug-likeness (QED) is 0.856. The molecule has 0 unspecified atom stereocenters. The van der Waals surface area contributed by atoms with Crippen LogP contribution in [0.25, 0.3) is 0 Å². The molecule has 2 aliphatic rings. The predicted octanol–water partition coefficient (Wildman–Crippen LogP) is 2.32. The summed E-state index contributed by atoms with van der Waals surface area (Å²) in [5.41, 5.74) is 1.03. The lowest BCUT2D eigenvalue weighted by Gasteiger charge is -2.38. The minimum absolute atomic E-state index is 0.235. The van der Waals surface area contributed by atoms with Gasteiger partial charge in [-0.2, -0.15) is 0 Å². The van der Waals surface area contributed by atoms with Gasteiger partial charge in [0.25, 0.3) is 0 Å². The fourth-order valence-corrected chi connectivity index (χ4v) is 3.67. The molecular formula is C18H26N2O2. The monoisotopic (exact) mass is 302 g/mol. The number of carbonyl (C=O) groups excluding carboxylic acids is 1. The van der Waals surface area contributed by atoms with E-state index in [0.717, 1.165) is 43.5 Å². The van der Waals surface area contributed by atoms with Gasteiger partial charge in [-0.3, -0.25) is 9.69 Å². The van der Waals surface area contributed by atoms with E-state index < -0.39 is 0 Å². The summed E-state index contributed by atoms with van der Waals surface area (Å²) in [5.74, 6) is 1.05. The lowest BCUT2D eigenvalue weighted by atomic mass is 10.1. The zero-order chi connectivity index (χ0) is 15.4. The summed E-state index contributed by atoms with van der Waals surface area (Å²) >= 11 is 0. The summed E-state index contributed by atoms with van der Waals surface area (Å²) in [5, 5.41) is 0. The van der Waals surface area contributed by atoms with E-state index in [4.69, 9.17) is 4.74 Å². The van der Waals surface area contributed by atoms with Crippen LogP contribution in [0.3, 0.4) is 0 Å². The maximum absolute atomic E-state index is 12.5. The summed E-state index contributed by atoms with van der Waals surface area (Å²) in [6.07, 6.45) is 5.91. The van der Waals surface area contributed by atoms with Crippen LogP contribution < -0.4 is 4.74 Å². The van der Waals surface area contributed by atoms with Crippen LogP contribution in [0.5, 0.6) is 5.75 Å². The second-order valence-corrected chi connectivity index (χ2v) is 6.38. The number of methoxy groups -OCH3 is 1. The van der Waals surface area contributed by atoms with Crippen LogP contribution in [-0.4, -0.2) is 55.0 Å². The number of nitrogens with zero attached hydrogens (tertiary/aromatic N) is 2. The molecule has 0 bridgehead atoms. The van der Waals surface area contributed by atoms with Crippen LogP contribution >= 0.6 is 0 Å². The van der Waals surface area contributed by atoms with E-state index in [9.17, 15) is 4.79 Å². The smallest absolute Gasteiger partial charge is 0.227 e. The van der Waals surface area contributed by atoms with Crippen molar-refractivity contribution in [3.63, 3.8) is 0 Å². The highest BCUT2D eigenvalue weighted by atomic mass is 16.5. The van der Waals surface area contributed by atoms with Crippen LogP contribution in [0.15, 0.2) is 24.3 Å². The third kappa shape index (κ3) is 3.61. The zero-order valence-corrected chi connectivity index (χ0v) is 13.5. The van der Waals surface area contributed by atoms with Crippen molar-refractivity contribution >= 4 is 5.91 Å². The van der Waals surface area contributed by atoms with E-state index in [-0.39, 0.29) is 5.91 Å². The Hall–Kier alpha value is -1.55. The van der Waals surface area contributed by atoms with Crippen molar-refractivity contribution in [2.75, 3.05) is 33.3 Å². The largest absolute Gasteiger partial charge is 0.497 e. The molecule has 4 heteroatoms. The normalized spacial score (nSPS) is 20.3. The highest BCUT2D eigenvalue weighted by Crippen LogP contribution is 2.24. The Balaban J connectivity index is 1.51. The highest BCUT2D eigenvalue weighted by Gasteiger charge is 2.27. The Morgan fingerprint density at radius 2 is 1.91 bits per heavy atom. The second-order valence-electron chi connectivity index (χ2n) is 6.38. The Morgan fingerprint density at radius 1 is 1.18 bits per heavy atom. The molecule has 1 aliphatic heterocycles. The summed E-state index contributed by atoms with van der Waals surface area (Å²) in [4.78, 5) is 17.1. The van der Waals surface area contributed by atoms with E-state index in [1.165, 1.54) is 25.7 Å². The lowest BCUT2D eigenvalue weighted by molar-refractivity contribution is -0.132. The van der Waals surface area contributed by atoms with Crippen LogP contribution in [0.2, 0.25) is 0 Å². The number of hydrogen-bond acceptors (Lipinski definition) is 3. The molecule has 0 N–H and O–H groups in total. The van der Waals surface area contributed by atoms with Crippen LogP contribution in [0.1, 0.15) is 31.2 Å². The Bertz CT molecular complexity index is 504. The van der Waals surface area contributed by atoms with Gasteiger partial charge >= 0.3 is 0 Å². The first-order chi connectivity index (χ1) is 10.8. The van der Waals surface area contributed by atoms with Crippen molar-refractivity contribution in [1.29, 1.82) is 0 Å². The Morgan fingerprint density at radius 3 is 2.59 bits per heavy atom. The van der Waals surface area contributed by atoms with Gasteiger partial charge in [0.1, 0.15) is 5.75 Å². The summed E-state index contributed by atoms with van der Waals surface area (Å²) in [6.45, 7) is 3.82. The topological polar surface area (TPSA) is 32.8 Å². The van der Waals surface area contributed by atoms with Crippen LogP contribution in [-0.2, 0) is 11.2 Å². The summed E-state index contributed by atoms with van der Waals surface area (Å²) in [6, 6.07) is 8.58. The molecule has 0 radical (unpaired) electrons. The number of carbonyl (C=O) groups is 1. The van der Waals surface area contributed by atoms with E-state index in [1.54, 1.807) is 7.11 Å². The third-order valence-corrected chi connectivity index (χ3v) is 5.00. The van der Waals surface area contributed by atoms with Crippen molar-refractivity contribution in [1.82, 2.24) is 9.80 Å². The van der Waals surface area contributed by atoms with Gasteiger partial charge in [-0.25, -0.2) is 0 Å². The van der Waals surface area contributed by atoms with Crippen molar-refractivity contribution in [3.05, 3.63) is 29.8 Å². The molecule has 1 saturated heterocycles. The summed E-state index contributed by atoms with van der Waals surface area (Å²) in [7, 11) is 1.66. The fraction of sp³-hybridized carbons (Fsp3) is 0.611. The number of ether oxygens (including phenoxy) is 1. The molecule has 4 nitrogen and oxygen atoms in total. The average Bonchev–Trinajstić information content (AvgIpc) is 3.09. The van der Waals surface area contributed by atoms with E-state index in [2.05, 4.69) is 4.90 Å². The van der Waals surface area contributed by atoms with Gasteiger partial charge in [-0.05, 0) is 30.5 Å². The van der Waals surface area contributed by atoms with Gasteiger partial charge in [0.15, 0.2) is 0 Å². The molecule has 1 aromatic carbocycles. The third-order valence-electron chi connectivity index (χ3n) is 5.00. The molecule has 0 spiro atoms. The molecule has 120 valence electrons. The minimum atomic E-state index is 0.235. The van der Waals surface area contributed by atoms with Crippen LogP contribution in [0, 0.1) is 0 Å². The van der Waals surface area contributed by atoms with Gasteiger partial charge < -0.3 is 9.64 Å². The number of amides is 1. The molecule has 22 heavy (non-hydrogen) atoms. The Kier molecular flexibility index (Phi) is 4.98. The molecule has 2 fully saturated rings. The minimum Gasteiger partial charge on any atom is -0.497 e. The van der Waals surface area contributed by atoms with E-state index in [1.807, 2.05) is 29.2 Å². The maximum atomic E-state index is 12.5. The molecule has 1 heterocycles. The van der Waals surface area contributed by atoms with Gasteiger partial charge in [0.2, 0.25) is 5.91 Å². The standard InChI is InChI=1S/C18H26N2O2/c1-22-17-8-4-5-15(13-17)14-18(21)20-11-9-19(10-12-20)16-6-2-3-7-16/h4-5,8,13,16H,2-3,6-7,9-12,14H2,1H3. The second kappa shape index (κ2) is 7.14. The molecule has 3 rings (SSSR count). The first-order valence-electron chi connectivity index (χ1n) is 8.41. The molecule has 1 saturated carbocycles. The van der Waals surface area contributed by atoms with Gasteiger partial charge in [0.05, 0.1) is 13.5 Å².